The smallest absolute Gasteiger partial charge is 0.414 e. The summed E-state index contributed by atoms with van der Waals surface area (Å²) in [4.78, 5) is 38.0. The van der Waals surface area contributed by atoms with Gasteiger partial charge in [0.15, 0.2) is 0 Å². The van der Waals surface area contributed by atoms with Crippen molar-refractivity contribution in [2.45, 2.75) is 45.4 Å². The van der Waals surface area contributed by atoms with Crippen LogP contribution in [0.25, 0.3) is 0 Å². The molecule has 0 bridgehead atoms. The lowest BCUT2D eigenvalue weighted by atomic mass is 9.96. The largest absolute Gasteiger partial charge is 0.492 e. The molecule has 2 N–H and O–H groups in total. The number of hydrogen-bond acceptors (Lipinski definition) is 6. The van der Waals surface area contributed by atoms with E-state index in [4.69, 9.17) is 24.5 Å². The predicted octanol–water partition coefficient (Wildman–Crippen LogP) is 4.91. The van der Waals surface area contributed by atoms with E-state index < -0.39 is 11.9 Å². The quantitative estimate of drug-likeness (QED) is 0.299. The van der Waals surface area contributed by atoms with Crippen molar-refractivity contribution in [2.24, 2.45) is 0 Å². The molecule has 234 valence electrons. The van der Waals surface area contributed by atoms with Crippen molar-refractivity contribution in [1.29, 1.82) is 0 Å². The SMILES string of the molecule is CCOc1ccccc1N1CCN(CCCc2ccc3c(c2)CCC(=O)N3CCCc2ccccc2)CC1.O=C(O)C(=O)O. The number of carbonyl (C=O) groups excluding carboxylic acids is 1. The van der Waals surface area contributed by atoms with Crippen LogP contribution in [0.2, 0.25) is 0 Å². The number of benzene rings is 3. The van der Waals surface area contributed by atoms with E-state index in [0.717, 1.165) is 82.8 Å². The molecule has 9 nitrogen and oxygen atoms in total. The number of piperazine rings is 1. The third kappa shape index (κ3) is 9.31. The Labute approximate surface area is 259 Å². The number of amides is 1. The second-order valence-corrected chi connectivity index (χ2v) is 11.0. The number of rotatable bonds is 11. The van der Waals surface area contributed by atoms with Gasteiger partial charge in [-0.05, 0) is 80.5 Å². The number of aliphatic carboxylic acids is 2. The van der Waals surface area contributed by atoms with Gasteiger partial charge in [-0.25, -0.2) is 9.59 Å². The third-order valence-corrected chi connectivity index (χ3v) is 8.03. The first-order valence-electron chi connectivity index (χ1n) is 15.5. The average Bonchev–Trinajstić information content (AvgIpc) is 3.04. The summed E-state index contributed by atoms with van der Waals surface area (Å²) in [5.41, 5.74) is 6.41. The molecule has 0 unspecified atom stereocenters. The molecular formula is C35H43N3O6. The average molecular weight is 602 g/mol. The lowest BCUT2D eigenvalue weighted by molar-refractivity contribution is -0.159. The Morgan fingerprint density at radius 3 is 2.11 bits per heavy atom. The number of anilines is 2. The van der Waals surface area contributed by atoms with E-state index in [-0.39, 0.29) is 5.91 Å². The second kappa shape index (κ2) is 16.5. The Hall–Kier alpha value is -4.37. The number of hydrogen-bond donors (Lipinski definition) is 2. The minimum Gasteiger partial charge on any atom is -0.492 e. The van der Waals surface area contributed by atoms with Crippen LogP contribution in [0.5, 0.6) is 5.75 Å². The summed E-state index contributed by atoms with van der Waals surface area (Å²) in [6.07, 6.45) is 5.73. The Morgan fingerprint density at radius 1 is 0.750 bits per heavy atom. The minimum atomic E-state index is -1.82. The Balaban J connectivity index is 0.000000670. The Morgan fingerprint density at radius 2 is 1.41 bits per heavy atom. The van der Waals surface area contributed by atoms with Gasteiger partial charge < -0.3 is 24.7 Å². The lowest BCUT2D eigenvalue weighted by Gasteiger charge is -2.36. The van der Waals surface area contributed by atoms with E-state index in [9.17, 15) is 4.79 Å². The summed E-state index contributed by atoms with van der Waals surface area (Å²) in [6.45, 7) is 8.91. The summed E-state index contributed by atoms with van der Waals surface area (Å²) in [6, 6.07) is 25.7. The first-order chi connectivity index (χ1) is 21.4. The van der Waals surface area contributed by atoms with Gasteiger partial charge in [-0.1, -0.05) is 54.6 Å². The van der Waals surface area contributed by atoms with E-state index >= 15 is 0 Å². The van der Waals surface area contributed by atoms with Crippen LogP contribution in [-0.4, -0.2) is 78.8 Å². The summed E-state index contributed by atoms with van der Waals surface area (Å²) >= 11 is 0. The van der Waals surface area contributed by atoms with E-state index in [2.05, 4.69) is 76.5 Å². The van der Waals surface area contributed by atoms with Crippen molar-refractivity contribution in [3.05, 3.63) is 89.5 Å². The third-order valence-electron chi connectivity index (χ3n) is 8.03. The van der Waals surface area contributed by atoms with Crippen LogP contribution in [-0.2, 0) is 33.6 Å². The van der Waals surface area contributed by atoms with Crippen LogP contribution in [0.3, 0.4) is 0 Å². The van der Waals surface area contributed by atoms with Gasteiger partial charge in [-0.2, -0.15) is 0 Å². The fourth-order valence-electron chi connectivity index (χ4n) is 5.82. The molecule has 1 fully saturated rings. The molecule has 0 atom stereocenters. The van der Waals surface area contributed by atoms with Gasteiger partial charge in [-0.15, -0.1) is 0 Å². The highest BCUT2D eigenvalue weighted by Crippen LogP contribution is 2.30. The number of carbonyl (C=O) groups is 3. The zero-order valence-corrected chi connectivity index (χ0v) is 25.5. The maximum atomic E-state index is 12.7. The van der Waals surface area contributed by atoms with Crippen LogP contribution in [0, 0.1) is 0 Å². The van der Waals surface area contributed by atoms with Gasteiger partial charge in [0.2, 0.25) is 5.91 Å². The summed E-state index contributed by atoms with van der Waals surface area (Å²) in [5, 5.41) is 14.8. The van der Waals surface area contributed by atoms with Crippen LogP contribution < -0.4 is 14.5 Å². The zero-order chi connectivity index (χ0) is 31.3. The van der Waals surface area contributed by atoms with Gasteiger partial charge in [0.05, 0.1) is 12.3 Å². The van der Waals surface area contributed by atoms with E-state index in [1.54, 1.807) is 0 Å². The number of para-hydroxylation sites is 2. The van der Waals surface area contributed by atoms with Gasteiger partial charge in [0.25, 0.3) is 0 Å². The second-order valence-electron chi connectivity index (χ2n) is 11.0. The highest BCUT2D eigenvalue weighted by Gasteiger charge is 2.24. The molecule has 5 rings (SSSR count). The molecular weight excluding hydrogens is 558 g/mol. The normalized spacial score (nSPS) is 14.8. The van der Waals surface area contributed by atoms with E-state index in [0.29, 0.717) is 13.0 Å². The van der Waals surface area contributed by atoms with Crippen LogP contribution in [0.1, 0.15) is 42.9 Å². The lowest BCUT2D eigenvalue weighted by Crippen LogP contribution is -2.46. The molecule has 1 amide bonds. The van der Waals surface area contributed by atoms with Crippen molar-refractivity contribution < 1.29 is 29.3 Å². The number of carboxylic acid groups (broad SMARTS) is 2. The molecule has 44 heavy (non-hydrogen) atoms. The molecule has 0 aliphatic carbocycles. The molecule has 2 aliphatic rings. The molecule has 9 heteroatoms. The number of nitrogens with zero attached hydrogens (tertiary/aromatic N) is 3. The monoisotopic (exact) mass is 601 g/mol. The standard InChI is InChI=1S/C33H41N3O2.C2H2O4/c1-2-38-32-15-7-6-14-31(32)35-24-22-34(23-25-35)20-8-13-28-16-18-30-29(26-28)17-19-33(37)36(30)21-9-12-27-10-4-3-5-11-27;3-1(4)2(5)6/h3-7,10-11,14-16,18,26H,2,8-9,12-13,17,19-25H2,1H3;(H,3,4)(H,5,6). The molecule has 0 saturated carbocycles. The van der Waals surface area contributed by atoms with Crippen LogP contribution in [0.4, 0.5) is 11.4 Å². The number of carboxylic acids is 2. The highest BCUT2D eigenvalue weighted by molar-refractivity contribution is 6.27. The number of ether oxygens (including phenoxy) is 1. The summed E-state index contributed by atoms with van der Waals surface area (Å²) < 4.78 is 5.84. The predicted molar refractivity (Wildman–Crippen MR) is 172 cm³/mol. The van der Waals surface area contributed by atoms with Gasteiger partial charge >= 0.3 is 11.9 Å². The molecule has 2 heterocycles. The molecule has 3 aromatic carbocycles. The van der Waals surface area contributed by atoms with E-state index in [1.165, 1.54) is 22.4 Å². The summed E-state index contributed by atoms with van der Waals surface area (Å²) in [7, 11) is 0. The molecule has 2 aliphatic heterocycles. The highest BCUT2D eigenvalue weighted by atomic mass is 16.5. The molecule has 0 spiro atoms. The molecule has 1 saturated heterocycles. The van der Waals surface area contributed by atoms with Crippen molar-refractivity contribution in [3.63, 3.8) is 0 Å². The molecule has 0 aromatic heterocycles. The van der Waals surface area contributed by atoms with Crippen LogP contribution in [0.15, 0.2) is 72.8 Å². The topological polar surface area (TPSA) is 111 Å². The maximum absolute atomic E-state index is 12.7. The van der Waals surface area contributed by atoms with E-state index in [1.807, 2.05) is 17.9 Å². The van der Waals surface area contributed by atoms with Gasteiger partial charge in [0.1, 0.15) is 5.75 Å². The van der Waals surface area contributed by atoms with Crippen LogP contribution >= 0.6 is 0 Å². The first-order valence-corrected chi connectivity index (χ1v) is 15.5. The zero-order valence-electron chi connectivity index (χ0n) is 25.5. The fraction of sp³-hybridized carbons (Fsp3) is 0.400. The van der Waals surface area contributed by atoms with Crippen molar-refractivity contribution in [2.75, 3.05) is 55.7 Å². The van der Waals surface area contributed by atoms with Gasteiger partial charge in [-0.3, -0.25) is 9.69 Å². The Bertz CT molecular complexity index is 1380. The van der Waals surface area contributed by atoms with Crippen molar-refractivity contribution in [3.8, 4) is 5.75 Å². The van der Waals surface area contributed by atoms with Gasteiger partial charge in [0, 0.05) is 44.8 Å². The molecule has 3 aromatic rings. The number of fused-ring (bicyclic) bond motifs is 1. The van der Waals surface area contributed by atoms with Crippen molar-refractivity contribution in [1.82, 2.24) is 4.90 Å². The first kappa shape index (κ1) is 32.5. The van der Waals surface area contributed by atoms with Crippen molar-refractivity contribution >= 4 is 29.2 Å². The summed E-state index contributed by atoms with van der Waals surface area (Å²) in [5.74, 6) is -2.39. The Kier molecular flexibility index (Phi) is 12.2. The number of aryl methyl sites for hydroxylation is 3. The maximum Gasteiger partial charge on any atom is 0.414 e. The fourth-order valence-corrected chi connectivity index (χ4v) is 5.82. The molecule has 0 radical (unpaired) electrons. The minimum absolute atomic E-state index is 0.265.